The number of nitrogens with zero attached hydrogens (tertiary/aromatic N) is 1. The molecule has 1 aliphatic heterocycles. The zero-order valence-corrected chi connectivity index (χ0v) is 12.9. The lowest BCUT2D eigenvalue weighted by molar-refractivity contribution is 0.172. The maximum absolute atomic E-state index is 11.2. The van der Waals surface area contributed by atoms with Crippen LogP contribution in [0.5, 0.6) is 0 Å². The van der Waals surface area contributed by atoms with E-state index in [0.717, 1.165) is 44.5 Å². The largest absolute Gasteiger partial charge is 0.469 e. The quantitative estimate of drug-likeness (QED) is 0.879. The van der Waals surface area contributed by atoms with Crippen molar-refractivity contribution in [3.8, 4) is 0 Å². The van der Waals surface area contributed by atoms with Gasteiger partial charge < -0.3 is 20.4 Å². The Hall–Kier alpha value is -1.49. The minimum Gasteiger partial charge on any atom is -0.469 e. The molecule has 1 aliphatic carbocycles. The summed E-state index contributed by atoms with van der Waals surface area (Å²) in [7, 11) is 0. The fourth-order valence-corrected chi connectivity index (χ4v) is 3.67. The van der Waals surface area contributed by atoms with Crippen LogP contribution in [0.4, 0.5) is 4.79 Å². The molecule has 2 amide bonds. The van der Waals surface area contributed by atoms with Crippen LogP contribution in [0.2, 0.25) is 0 Å². The molecule has 0 aromatic carbocycles. The van der Waals surface area contributed by atoms with Gasteiger partial charge in [0.05, 0.1) is 6.26 Å². The Morgan fingerprint density at radius 1 is 1.43 bits per heavy atom. The number of hydrogen-bond acceptors (Lipinski definition) is 3. The first-order valence-corrected chi connectivity index (χ1v) is 7.81. The van der Waals surface area contributed by atoms with Gasteiger partial charge in [-0.1, -0.05) is 13.8 Å². The number of nitrogens with one attached hydrogen (secondary N) is 1. The minimum absolute atomic E-state index is 0.260. The molecule has 0 spiro atoms. The summed E-state index contributed by atoms with van der Waals surface area (Å²) in [5.74, 6) is 1.12. The summed E-state index contributed by atoms with van der Waals surface area (Å²) in [6.07, 6.45) is 5.86. The number of rotatable bonds is 2. The van der Waals surface area contributed by atoms with Gasteiger partial charge in [0.15, 0.2) is 0 Å². The molecule has 21 heavy (non-hydrogen) atoms. The maximum Gasteiger partial charge on any atom is 0.314 e. The number of piperidine rings is 1. The van der Waals surface area contributed by atoms with Gasteiger partial charge in [0, 0.05) is 37.2 Å². The van der Waals surface area contributed by atoms with Crippen LogP contribution in [0.1, 0.15) is 50.5 Å². The average Bonchev–Trinajstić information content (AvgIpc) is 2.86. The molecular formula is C16H25N3O2. The summed E-state index contributed by atoms with van der Waals surface area (Å²) in [6, 6.07) is 2.60. The second kappa shape index (κ2) is 5.37. The first kappa shape index (κ1) is 14.4. The van der Waals surface area contributed by atoms with E-state index in [1.165, 1.54) is 5.56 Å². The van der Waals surface area contributed by atoms with Gasteiger partial charge >= 0.3 is 6.03 Å². The predicted molar refractivity (Wildman–Crippen MR) is 80.9 cm³/mol. The zero-order valence-electron chi connectivity index (χ0n) is 12.9. The van der Waals surface area contributed by atoms with E-state index in [1.807, 2.05) is 0 Å². The fourth-order valence-electron chi connectivity index (χ4n) is 3.67. The molecule has 1 fully saturated rings. The molecule has 1 unspecified atom stereocenters. The average molecular weight is 291 g/mol. The Bertz CT molecular complexity index is 515. The van der Waals surface area contributed by atoms with Crippen molar-refractivity contribution >= 4 is 6.03 Å². The number of nitrogens with two attached hydrogens (primary N) is 1. The topological polar surface area (TPSA) is 71.5 Å². The lowest BCUT2D eigenvalue weighted by Crippen LogP contribution is -2.48. The minimum atomic E-state index is -0.302. The van der Waals surface area contributed by atoms with Crippen LogP contribution in [0.25, 0.3) is 0 Å². The van der Waals surface area contributed by atoms with Gasteiger partial charge in [-0.05, 0) is 30.7 Å². The predicted octanol–water partition coefficient (Wildman–Crippen LogP) is 2.43. The molecule has 116 valence electrons. The van der Waals surface area contributed by atoms with Crippen LogP contribution in [-0.2, 0) is 6.42 Å². The Balaban J connectivity index is 1.65. The highest BCUT2D eigenvalue weighted by atomic mass is 16.3. The van der Waals surface area contributed by atoms with Crippen LogP contribution in [0, 0.1) is 5.41 Å². The van der Waals surface area contributed by atoms with Crippen LogP contribution in [0.3, 0.4) is 0 Å². The van der Waals surface area contributed by atoms with E-state index >= 15 is 0 Å². The highest BCUT2D eigenvalue weighted by Crippen LogP contribution is 2.41. The van der Waals surface area contributed by atoms with Gasteiger partial charge in [0.2, 0.25) is 0 Å². The van der Waals surface area contributed by atoms with E-state index in [-0.39, 0.29) is 11.4 Å². The number of urea groups is 1. The number of furan rings is 1. The highest BCUT2D eigenvalue weighted by molar-refractivity contribution is 5.72. The molecule has 2 heterocycles. The second-order valence-corrected chi connectivity index (χ2v) is 7.16. The van der Waals surface area contributed by atoms with E-state index < -0.39 is 0 Å². The molecular weight excluding hydrogens is 266 g/mol. The number of fused-ring (bicyclic) bond motifs is 1. The summed E-state index contributed by atoms with van der Waals surface area (Å²) < 4.78 is 5.65. The molecule has 1 saturated heterocycles. The molecule has 1 atom stereocenters. The summed E-state index contributed by atoms with van der Waals surface area (Å²) in [5.41, 5.74) is 6.91. The van der Waals surface area contributed by atoms with Crippen molar-refractivity contribution in [3.05, 3.63) is 23.7 Å². The van der Waals surface area contributed by atoms with E-state index in [2.05, 4.69) is 25.2 Å². The van der Waals surface area contributed by atoms with Crippen molar-refractivity contribution in [2.24, 2.45) is 11.1 Å². The van der Waals surface area contributed by atoms with Crippen molar-refractivity contribution in [2.75, 3.05) is 13.1 Å². The molecule has 3 N–H and O–H groups in total. The number of amides is 2. The van der Waals surface area contributed by atoms with Gasteiger partial charge in [0.1, 0.15) is 5.76 Å². The first-order valence-electron chi connectivity index (χ1n) is 7.81. The third-order valence-electron chi connectivity index (χ3n) is 4.79. The normalized spacial score (nSPS) is 25.6. The molecule has 0 saturated carbocycles. The zero-order chi connectivity index (χ0) is 15.0. The lowest BCUT2D eigenvalue weighted by Gasteiger charge is -2.39. The Morgan fingerprint density at radius 3 is 2.81 bits per heavy atom. The van der Waals surface area contributed by atoms with E-state index in [0.29, 0.717) is 12.1 Å². The maximum atomic E-state index is 11.2. The van der Waals surface area contributed by atoms with E-state index in [9.17, 15) is 4.79 Å². The van der Waals surface area contributed by atoms with Crippen molar-refractivity contribution < 1.29 is 9.21 Å². The first-order chi connectivity index (χ1) is 9.94. The number of carbonyl (C=O) groups is 1. The summed E-state index contributed by atoms with van der Waals surface area (Å²) >= 11 is 0. The molecule has 3 rings (SSSR count). The third kappa shape index (κ3) is 3.07. The number of hydrogen-bond donors (Lipinski definition) is 2. The van der Waals surface area contributed by atoms with Crippen LogP contribution in [-0.4, -0.2) is 30.1 Å². The monoisotopic (exact) mass is 291 g/mol. The van der Waals surface area contributed by atoms with Gasteiger partial charge in [-0.2, -0.15) is 0 Å². The van der Waals surface area contributed by atoms with Crippen LogP contribution >= 0.6 is 0 Å². The summed E-state index contributed by atoms with van der Waals surface area (Å²) in [4.78, 5) is 12.9. The Morgan fingerprint density at radius 2 is 2.14 bits per heavy atom. The Labute approximate surface area is 125 Å². The number of carbonyl (C=O) groups excluding carboxylic acids is 1. The summed E-state index contributed by atoms with van der Waals surface area (Å²) in [5, 5.41) is 3.78. The van der Waals surface area contributed by atoms with Gasteiger partial charge in [-0.25, -0.2) is 4.79 Å². The molecule has 1 aromatic rings. The number of primary amides is 1. The Kier molecular flexibility index (Phi) is 3.69. The molecule has 1 aromatic heterocycles. The lowest BCUT2D eigenvalue weighted by atomic mass is 9.74. The SMILES string of the molecule is CC1(C)Cc2occc2C(NC2CCN(C(N)=O)CC2)C1. The second-order valence-electron chi connectivity index (χ2n) is 7.16. The van der Waals surface area contributed by atoms with E-state index in [1.54, 1.807) is 11.2 Å². The van der Waals surface area contributed by atoms with Crippen molar-refractivity contribution in [3.63, 3.8) is 0 Å². The molecule has 5 heteroatoms. The van der Waals surface area contributed by atoms with Gasteiger partial charge in [-0.3, -0.25) is 0 Å². The van der Waals surface area contributed by atoms with E-state index in [4.69, 9.17) is 10.2 Å². The number of likely N-dealkylation sites (tertiary alicyclic amines) is 1. The summed E-state index contributed by atoms with van der Waals surface area (Å²) in [6.45, 7) is 6.09. The standard InChI is InChI=1S/C16H25N3O2/c1-16(2)9-13(12-5-8-21-14(12)10-16)18-11-3-6-19(7-4-11)15(17)20/h5,8,11,13,18H,3-4,6-7,9-10H2,1-2H3,(H2,17,20). The van der Waals surface area contributed by atoms with Crippen LogP contribution in [0.15, 0.2) is 16.7 Å². The van der Waals surface area contributed by atoms with Gasteiger partial charge in [-0.15, -0.1) is 0 Å². The van der Waals surface area contributed by atoms with Crippen LogP contribution < -0.4 is 11.1 Å². The highest BCUT2D eigenvalue weighted by Gasteiger charge is 2.35. The molecule has 5 nitrogen and oxygen atoms in total. The molecule has 0 bridgehead atoms. The third-order valence-corrected chi connectivity index (χ3v) is 4.79. The molecule has 2 aliphatic rings. The van der Waals surface area contributed by atoms with Crippen molar-refractivity contribution in [2.45, 2.75) is 51.6 Å². The fraction of sp³-hybridized carbons (Fsp3) is 0.688. The van der Waals surface area contributed by atoms with Crippen molar-refractivity contribution in [1.29, 1.82) is 0 Å². The smallest absolute Gasteiger partial charge is 0.314 e. The van der Waals surface area contributed by atoms with Gasteiger partial charge in [0.25, 0.3) is 0 Å². The molecule has 0 radical (unpaired) electrons. The van der Waals surface area contributed by atoms with Crippen molar-refractivity contribution in [1.82, 2.24) is 10.2 Å².